The molecule has 0 unspecified atom stereocenters. The number of rotatable bonds is 2. The van der Waals surface area contributed by atoms with E-state index in [1.165, 1.54) is 5.56 Å². The number of ether oxygens (including phenoxy) is 2. The minimum Gasteiger partial charge on any atom is -0.486 e. The summed E-state index contributed by atoms with van der Waals surface area (Å²) in [6.07, 6.45) is 2.49. The molecule has 2 aromatic carbocycles. The zero-order valence-electron chi connectivity index (χ0n) is 13.6. The van der Waals surface area contributed by atoms with Gasteiger partial charge in [0.15, 0.2) is 11.5 Å². The lowest BCUT2D eigenvalue weighted by atomic mass is 9.93. The molecule has 0 saturated heterocycles. The molecule has 5 rings (SSSR count). The van der Waals surface area contributed by atoms with Crippen LogP contribution in [0.2, 0.25) is 0 Å². The van der Waals surface area contributed by atoms with E-state index in [4.69, 9.17) is 9.47 Å². The first-order valence-corrected chi connectivity index (χ1v) is 8.49. The number of hydrogen-bond donors (Lipinski definition) is 1. The summed E-state index contributed by atoms with van der Waals surface area (Å²) >= 11 is 0. The van der Waals surface area contributed by atoms with Gasteiger partial charge in [0.1, 0.15) is 19.5 Å². The van der Waals surface area contributed by atoms with Crippen molar-refractivity contribution in [2.45, 2.75) is 18.5 Å². The molecule has 3 aromatic rings. The van der Waals surface area contributed by atoms with Gasteiger partial charge >= 0.3 is 0 Å². The summed E-state index contributed by atoms with van der Waals surface area (Å²) < 4.78 is 13.3. The van der Waals surface area contributed by atoms with Gasteiger partial charge in [-0.25, -0.2) is 4.68 Å². The minimum atomic E-state index is 0.0970. The fourth-order valence-electron chi connectivity index (χ4n) is 3.57. The minimum absolute atomic E-state index is 0.0970. The van der Waals surface area contributed by atoms with Crippen molar-refractivity contribution in [2.75, 3.05) is 18.5 Å². The molecular weight excluding hydrogens is 316 g/mol. The predicted octanol–water partition coefficient (Wildman–Crippen LogP) is 3.20. The van der Waals surface area contributed by atoms with E-state index in [-0.39, 0.29) is 12.1 Å². The lowest BCUT2D eigenvalue weighted by Gasteiger charge is -2.32. The Kier molecular flexibility index (Phi) is 3.33. The summed E-state index contributed by atoms with van der Waals surface area (Å²) in [6.45, 7) is 1.19. The molecule has 3 heterocycles. The summed E-state index contributed by atoms with van der Waals surface area (Å²) in [4.78, 5) is 4.38. The fraction of sp³-hybridized carbons (Fsp3) is 0.263. The van der Waals surface area contributed by atoms with Crippen LogP contribution in [0, 0.1) is 0 Å². The van der Waals surface area contributed by atoms with Gasteiger partial charge in [0, 0.05) is 0 Å². The second-order valence-corrected chi connectivity index (χ2v) is 6.29. The van der Waals surface area contributed by atoms with E-state index < -0.39 is 0 Å². The number of benzene rings is 2. The van der Waals surface area contributed by atoms with Crippen molar-refractivity contribution in [3.63, 3.8) is 0 Å². The lowest BCUT2D eigenvalue weighted by molar-refractivity contribution is 0.171. The molecule has 0 fully saturated rings. The second kappa shape index (κ2) is 5.81. The van der Waals surface area contributed by atoms with Crippen LogP contribution in [0.4, 0.5) is 5.95 Å². The largest absolute Gasteiger partial charge is 0.486 e. The van der Waals surface area contributed by atoms with Crippen LogP contribution < -0.4 is 14.8 Å². The molecule has 0 amide bonds. The highest BCUT2D eigenvalue weighted by molar-refractivity contribution is 5.46. The third-order valence-corrected chi connectivity index (χ3v) is 4.78. The van der Waals surface area contributed by atoms with E-state index >= 15 is 0 Å². The van der Waals surface area contributed by atoms with Crippen LogP contribution >= 0.6 is 0 Å². The Morgan fingerprint density at radius 1 is 0.960 bits per heavy atom. The lowest BCUT2D eigenvalue weighted by Crippen LogP contribution is -2.28. The van der Waals surface area contributed by atoms with Gasteiger partial charge in [0.25, 0.3) is 0 Å². The monoisotopic (exact) mass is 334 g/mol. The summed E-state index contributed by atoms with van der Waals surface area (Å²) in [6, 6.07) is 16.9. The van der Waals surface area contributed by atoms with E-state index in [1.807, 2.05) is 16.8 Å². The van der Waals surface area contributed by atoms with Gasteiger partial charge in [-0.1, -0.05) is 36.4 Å². The zero-order valence-corrected chi connectivity index (χ0v) is 13.6. The first kappa shape index (κ1) is 14.3. The molecule has 2 atom stereocenters. The summed E-state index contributed by atoms with van der Waals surface area (Å²) in [5.41, 5.74) is 2.40. The maximum absolute atomic E-state index is 5.75. The SMILES string of the molecule is c1ccc([C@H]2C[C@H](c3ccc4c(c3)OCCO4)n3ncnc3N2)cc1. The molecule has 1 N–H and O–H groups in total. The first-order valence-electron chi connectivity index (χ1n) is 8.49. The van der Waals surface area contributed by atoms with Crippen LogP contribution in [-0.4, -0.2) is 28.0 Å². The molecule has 0 spiro atoms. The molecule has 6 nitrogen and oxygen atoms in total. The molecule has 0 saturated carbocycles. The van der Waals surface area contributed by atoms with E-state index in [0.717, 1.165) is 29.4 Å². The molecular formula is C19H18N4O2. The zero-order chi connectivity index (χ0) is 16.6. The van der Waals surface area contributed by atoms with Crippen LogP contribution in [0.5, 0.6) is 11.5 Å². The molecule has 1 aromatic heterocycles. The Morgan fingerprint density at radius 3 is 2.68 bits per heavy atom. The van der Waals surface area contributed by atoms with E-state index in [2.05, 4.69) is 51.8 Å². The van der Waals surface area contributed by atoms with Gasteiger partial charge in [0.05, 0.1) is 12.1 Å². The highest BCUT2D eigenvalue weighted by Gasteiger charge is 2.30. The summed E-state index contributed by atoms with van der Waals surface area (Å²) in [5.74, 6) is 2.41. The standard InChI is InChI=1S/C19H18N4O2/c1-2-4-13(5-3-1)15-11-16(23-19(22-15)20-12-21-23)14-6-7-17-18(10-14)25-9-8-24-17/h1-7,10,12,15-16H,8-9,11H2,(H,20,21,22)/t15-,16-/m1/s1. The molecule has 126 valence electrons. The Bertz CT molecular complexity index is 893. The van der Waals surface area contributed by atoms with Crippen molar-refractivity contribution in [1.82, 2.24) is 14.8 Å². The van der Waals surface area contributed by atoms with Gasteiger partial charge in [0.2, 0.25) is 5.95 Å². The number of aromatic nitrogens is 3. The average molecular weight is 334 g/mol. The second-order valence-electron chi connectivity index (χ2n) is 6.29. The van der Waals surface area contributed by atoms with Crippen molar-refractivity contribution >= 4 is 5.95 Å². The summed E-state index contributed by atoms with van der Waals surface area (Å²) in [5, 5.41) is 7.91. The third-order valence-electron chi connectivity index (χ3n) is 4.78. The number of anilines is 1. The van der Waals surface area contributed by atoms with Crippen molar-refractivity contribution in [2.24, 2.45) is 0 Å². The number of nitrogens with zero attached hydrogens (tertiary/aromatic N) is 3. The Hall–Kier alpha value is -3.02. The third kappa shape index (κ3) is 2.50. The van der Waals surface area contributed by atoms with Gasteiger partial charge in [-0.3, -0.25) is 0 Å². The van der Waals surface area contributed by atoms with Crippen molar-refractivity contribution < 1.29 is 9.47 Å². The van der Waals surface area contributed by atoms with Crippen LogP contribution in [0.1, 0.15) is 29.6 Å². The van der Waals surface area contributed by atoms with E-state index in [1.54, 1.807) is 6.33 Å². The fourth-order valence-corrected chi connectivity index (χ4v) is 3.57. The van der Waals surface area contributed by atoms with E-state index in [0.29, 0.717) is 13.2 Å². The van der Waals surface area contributed by atoms with Crippen molar-refractivity contribution in [1.29, 1.82) is 0 Å². The molecule has 25 heavy (non-hydrogen) atoms. The van der Waals surface area contributed by atoms with Gasteiger partial charge in [-0.2, -0.15) is 10.1 Å². The number of fused-ring (bicyclic) bond motifs is 2. The molecule has 0 radical (unpaired) electrons. The van der Waals surface area contributed by atoms with Crippen LogP contribution in [0.3, 0.4) is 0 Å². The Labute approximate surface area is 145 Å². The number of nitrogens with one attached hydrogen (secondary N) is 1. The first-order chi connectivity index (χ1) is 12.4. The average Bonchev–Trinajstić information content (AvgIpc) is 3.16. The smallest absolute Gasteiger partial charge is 0.222 e. The van der Waals surface area contributed by atoms with Gasteiger partial charge in [-0.15, -0.1) is 0 Å². The highest BCUT2D eigenvalue weighted by atomic mass is 16.6. The van der Waals surface area contributed by atoms with Crippen molar-refractivity contribution in [3.8, 4) is 11.5 Å². The van der Waals surface area contributed by atoms with Crippen LogP contribution in [-0.2, 0) is 0 Å². The molecule has 2 aliphatic rings. The maximum atomic E-state index is 5.75. The normalized spacial score (nSPS) is 21.3. The maximum Gasteiger partial charge on any atom is 0.222 e. The van der Waals surface area contributed by atoms with Crippen molar-refractivity contribution in [3.05, 3.63) is 66.0 Å². The number of hydrogen-bond acceptors (Lipinski definition) is 5. The molecule has 0 bridgehead atoms. The van der Waals surface area contributed by atoms with Gasteiger partial charge in [-0.05, 0) is 29.7 Å². The Morgan fingerprint density at radius 2 is 1.80 bits per heavy atom. The van der Waals surface area contributed by atoms with Gasteiger partial charge < -0.3 is 14.8 Å². The van der Waals surface area contributed by atoms with Crippen LogP contribution in [0.15, 0.2) is 54.9 Å². The Balaban J connectivity index is 1.54. The van der Waals surface area contributed by atoms with Crippen LogP contribution in [0.25, 0.3) is 0 Å². The molecule has 0 aliphatic carbocycles. The van der Waals surface area contributed by atoms with E-state index in [9.17, 15) is 0 Å². The quantitative estimate of drug-likeness (QED) is 0.780. The topological polar surface area (TPSA) is 61.2 Å². The molecule has 2 aliphatic heterocycles. The predicted molar refractivity (Wildman–Crippen MR) is 93.0 cm³/mol. The molecule has 6 heteroatoms. The highest BCUT2D eigenvalue weighted by Crippen LogP contribution is 2.40. The summed E-state index contributed by atoms with van der Waals surface area (Å²) in [7, 11) is 0.